The van der Waals surface area contributed by atoms with Crippen LogP contribution in [-0.2, 0) is 0 Å². The van der Waals surface area contributed by atoms with Crippen LogP contribution in [0.4, 0.5) is 5.82 Å². The predicted molar refractivity (Wildman–Crippen MR) is 66.2 cm³/mol. The average Bonchev–Trinajstić information content (AvgIpc) is 3.13. The molecule has 17 heavy (non-hydrogen) atoms. The van der Waals surface area contributed by atoms with Crippen molar-refractivity contribution in [2.75, 3.05) is 18.0 Å². The summed E-state index contributed by atoms with van der Waals surface area (Å²) in [5.41, 5.74) is 5.99. The normalized spacial score (nSPS) is 25.0. The van der Waals surface area contributed by atoms with E-state index in [1.807, 2.05) is 9.47 Å². The minimum Gasteiger partial charge on any atom is -0.350 e. The first-order valence-electron chi connectivity index (χ1n) is 6.33. The topological polar surface area (TPSA) is 64.2 Å². The van der Waals surface area contributed by atoms with Crippen molar-refractivity contribution in [1.82, 2.24) is 9.55 Å². The fourth-order valence-corrected chi connectivity index (χ4v) is 2.47. The zero-order valence-corrected chi connectivity index (χ0v) is 9.88. The van der Waals surface area contributed by atoms with Gasteiger partial charge in [-0.2, -0.15) is 0 Å². The van der Waals surface area contributed by atoms with Crippen molar-refractivity contribution in [3.8, 4) is 0 Å². The summed E-state index contributed by atoms with van der Waals surface area (Å²) in [6.45, 7) is 1.64. The molecule has 1 aliphatic heterocycles. The zero-order valence-electron chi connectivity index (χ0n) is 9.88. The molecule has 1 saturated heterocycles. The molecule has 2 N–H and O–H groups in total. The molecule has 5 heteroatoms. The van der Waals surface area contributed by atoms with Gasteiger partial charge in [-0.05, 0) is 25.7 Å². The van der Waals surface area contributed by atoms with E-state index in [1.165, 1.54) is 0 Å². The third-order valence-corrected chi connectivity index (χ3v) is 3.55. The fraction of sp³-hybridized carbons (Fsp3) is 0.667. The molecule has 5 nitrogen and oxygen atoms in total. The van der Waals surface area contributed by atoms with Crippen molar-refractivity contribution in [2.45, 2.75) is 37.8 Å². The van der Waals surface area contributed by atoms with Gasteiger partial charge in [-0.1, -0.05) is 0 Å². The number of hydrogen-bond donors (Lipinski definition) is 1. The third-order valence-electron chi connectivity index (χ3n) is 3.55. The second kappa shape index (κ2) is 4.14. The van der Waals surface area contributed by atoms with Gasteiger partial charge in [0, 0.05) is 37.6 Å². The molecule has 2 heterocycles. The first-order chi connectivity index (χ1) is 8.25. The summed E-state index contributed by atoms with van der Waals surface area (Å²) in [5, 5.41) is 0. The molecule has 0 amide bonds. The lowest BCUT2D eigenvalue weighted by Gasteiger charge is -2.31. The van der Waals surface area contributed by atoms with E-state index in [1.54, 1.807) is 12.4 Å². The second-order valence-electron chi connectivity index (χ2n) is 5.04. The number of aromatic nitrogens is 2. The molecule has 2 fully saturated rings. The number of piperidine rings is 1. The minimum atomic E-state index is 0.0455. The van der Waals surface area contributed by atoms with Crippen LogP contribution in [0, 0.1) is 0 Å². The highest BCUT2D eigenvalue weighted by Gasteiger charge is 2.27. The van der Waals surface area contributed by atoms with E-state index in [0.717, 1.165) is 38.8 Å². The molecule has 92 valence electrons. The summed E-state index contributed by atoms with van der Waals surface area (Å²) in [7, 11) is 0. The largest absolute Gasteiger partial charge is 0.350 e. The van der Waals surface area contributed by atoms with Gasteiger partial charge in [-0.15, -0.1) is 0 Å². The van der Waals surface area contributed by atoms with Crippen LogP contribution in [0.5, 0.6) is 0 Å². The molecule has 1 aromatic rings. The summed E-state index contributed by atoms with van der Waals surface area (Å²) in [6.07, 6.45) is 7.84. The Bertz CT molecular complexity index is 466. The molecular weight excluding hydrogens is 216 g/mol. The van der Waals surface area contributed by atoms with Crippen LogP contribution in [-0.4, -0.2) is 28.7 Å². The van der Waals surface area contributed by atoms with Gasteiger partial charge >= 0.3 is 0 Å². The molecule has 1 saturated carbocycles. The number of nitrogens with two attached hydrogens (primary N) is 1. The number of nitrogens with zero attached hydrogens (tertiary/aromatic N) is 3. The van der Waals surface area contributed by atoms with Crippen molar-refractivity contribution in [3.63, 3.8) is 0 Å². The maximum Gasteiger partial charge on any atom is 0.293 e. The zero-order chi connectivity index (χ0) is 11.8. The standard InChI is InChI=1S/C12H18N4O/c13-9-2-1-6-15(8-9)11-12(17)16(7-5-14-11)10-3-4-10/h5,7,9-10H,1-4,6,8,13H2/t9-/m1/s1. The van der Waals surface area contributed by atoms with E-state index in [9.17, 15) is 4.79 Å². The maximum absolute atomic E-state index is 12.3. The predicted octanol–water partition coefficient (Wildman–Crippen LogP) is 0.506. The van der Waals surface area contributed by atoms with E-state index >= 15 is 0 Å². The Kier molecular flexibility index (Phi) is 2.63. The smallest absolute Gasteiger partial charge is 0.293 e. The van der Waals surface area contributed by atoms with Gasteiger partial charge in [0.25, 0.3) is 5.56 Å². The van der Waals surface area contributed by atoms with Crippen molar-refractivity contribution in [1.29, 1.82) is 0 Å². The molecule has 2 aliphatic rings. The lowest BCUT2D eigenvalue weighted by molar-refractivity contribution is 0.499. The highest BCUT2D eigenvalue weighted by atomic mass is 16.1. The van der Waals surface area contributed by atoms with Crippen LogP contribution in [0.2, 0.25) is 0 Å². The van der Waals surface area contributed by atoms with Crippen molar-refractivity contribution < 1.29 is 0 Å². The summed E-state index contributed by atoms with van der Waals surface area (Å²) < 4.78 is 1.82. The monoisotopic (exact) mass is 234 g/mol. The van der Waals surface area contributed by atoms with Gasteiger partial charge in [0.2, 0.25) is 0 Å². The van der Waals surface area contributed by atoms with Gasteiger partial charge < -0.3 is 15.2 Å². The van der Waals surface area contributed by atoms with Crippen LogP contribution >= 0.6 is 0 Å². The summed E-state index contributed by atoms with van der Waals surface area (Å²) in [6, 6.07) is 0.572. The third kappa shape index (κ3) is 2.07. The molecule has 0 unspecified atom stereocenters. The van der Waals surface area contributed by atoms with Crippen molar-refractivity contribution >= 4 is 5.82 Å². The molecule has 1 aromatic heterocycles. The summed E-state index contributed by atoms with van der Waals surface area (Å²) in [4.78, 5) is 18.6. The Balaban J connectivity index is 1.91. The van der Waals surface area contributed by atoms with Crippen LogP contribution in [0.15, 0.2) is 17.2 Å². The molecule has 3 rings (SSSR count). The Morgan fingerprint density at radius 1 is 1.35 bits per heavy atom. The Morgan fingerprint density at radius 2 is 2.18 bits per heavy atom. The van der Waals surface area contributed by atoms with E-state index in [4.69, 9.17) is 5.73 Å². The van der Waals surface area contributed by atoms with Gasteiger partial charge in [0.05, 0.1) is 0 Å². The lowest BCUT2D eigenvalue weighted by atomic mass is 10.1. The van der Waals surface area contributed by atoms with Gasteiger partial charge in [-0.3, -0.25) is 4.79 Å². The Labute approximate surface area is 100 Å². The lowest BCUT2D eigenvalue weighted by Crippen LogP contribution is -2.45. The van der Waals surface area contributed by atoms with Gasteiger partial charge in [0.1, 0.15) is 0 Å². The van der Waals surface area contributed by atoms with Crippen LogP contribution in [0.1, 0.15) is 31.7 Å². The first kappa shape index (κ1) is 10.8. The molecule has 0 spiro atoms. The van der Waals surface area contributed by atoms with E-state index in [2.05, 4.69) is 4.98 Å². The average molecular weight is 234 g/mol. The SMILES string of the molecule is N[C@@H]1CCCN(c2nccn(C3CC3)c2=O)C1. The Hall–Kier alpha value is -1.36. The van der Waals surface area contributed by atoms with Gasteiger partial charge in [-0.25, -0.2) is 4.98 Å². The summed E-state index contributed by atoms with van der Waals surface area (Å²) >= 11 is 0. The second-order valence-corrected chi connectivity index (χ2v) is 5.04. The highest BCUT2D eigenvalue weighted by molar-refractivity contribution is 5.37. The molecule has 0 bridgehead atoms. The maximum atomic E-state index is 12.3. The van der Waals surface area contributed by atoms with Crippen molar-refractivity contribution in [3.05, 3.63) is 22.7 Å². The number of hydrogen-bond acceptors (Lipinski definition) is 4. The number of rotatable bonds is 2. The number of anilines is 1. The molecule has 1 atom stereocenters. The fourth-order valence-electron chi connectivity index (χ4n) is 2.47. The highest BCUT2D eigenvalue weighted by Crippen LogP contribution is 2.33. The van der Waals surface area contributed by atoms with E-state index in [0.29, 0.717) is 11.9 Å². The summed E-state index contributed by atoms with van der Waals surface area (Å²) in [5.74, 6) is 0.578. The van der Waals surface area contributed by atoms with Crippen molar-refractivity contribution in [2.24, 2.45) is 5.73 Å². The molecule has 0 radical (unpaired) electrons. The molecule has 1 aliphatic carbocycles. The van der Waals surface area contributed by atoms with Crippen LogP contribution in [0.25, 0.3) is 0 Å². The van der Waals surface area contributed by atoms with E-state index < -0.39 is 0 Å². The van der Waals surface area contributed by atoms with Crippen LogP contribution in [0.3, 0.4) is 0 Å². The van der Waals surface area contributed by atoms with E-state index in [-0.39, 0.29) is 11.6 Å². The first-order valence-corrected chi connectivity index (χ1v) is 6.33. The van der Waals surface area contributed by atoms with Gasteiger partial charge in [0.15, 0.2) is 5.82 Å². The Morgan fingerprint density at radius 3 is 2.88 bits per heavy atom. The molecule has 0 aromatic carbocycles. The molecular formula is C12H18N4O. The minimum absolute atomic E-state index is 0.0455. The quantitative estimate of drug-likeness (QED) is 0.809. The van der Waals surface area contributed by atoms with Crippen LogP contribution < -0.4 is 16.2 Å².